The molecule has 0 bridgehead atoms. The Morgan fingerprint density at radius 2 is 1.68 bits per heavy atom. The molecule has 1 heterocycles. The number of nitrogens with zero attached hydrogens (tertiary/aromatic N) is 2. The summed E-state index contributed by atoms with van der Waals surface area (Å²) in [7, 11) is -4.08. The molecule has 1 N–H and O–H groups in total. The largest absolute Gasteiger partial charge is 0.296 e. The monoisotopic (exact) mass is 399 g/mol. The fourth-order valence-corrected chi connectivity index (χ4v) is 4.83. The molecule has 0 aliphatic carbocycles. The highest BCUT2D eigenvalue weighted by Gasteiger charge is 2.24. The molecule has 0 saturated carbocycles. The second-order valence-electron chi connectivity index (χ2n) is 6.79. The van der Waals surface area contributed by atoms with E-state index in [1.165, 1.54) is 4.57 Å². The van der Waals surface area contributed by atoms with Gasteiger partial charge < -0.3 is 0 Å². The second kappa shape index (κ2) is 7.20. The fraction of sp³-hybridized carbons (Fsp3) is 0.250. The average Bonchev–Trinajstić information content (AvgIpc) is 2.62. The quantitative estimate of drug-likeness (QED) is 0.725. The molecule has 28 heavy (non-hydrogen) atoms. The molecular formula is C20H21N3O4S. The van der Waals surface area contributed by atoms with E-state index in [0.29, 0.717) is 22.2 Å². The number of fused-ring (bicyclic) bond motifs is 1. The maximum absolute atomic E-state index is 12.9. The predicted octanol–water partition coefficient (Wildman–Crippen LogP) is 2.14. The highest BCUT2D eigenvalue weighted by molar-refractivity contribution is 7.90. The molecule has 0 aliphatic heterocycles. The molecule has 3 rings (SSSR count). The predicted molar refractivity (Wildman–Crippen MR) is 107 cm³/mol. The van der Waals surface area contributed by atoms with E-state index in [-0.39, 0.29) is 4.90 Å². The van der Waals surface area contributed by atoms with Crippen molar-refractivity contribution in [2.24, 2.45) is 0 Å². The number of carbonyl (C=O) groups excluding carboxylic acids is 1. The van der Waals surface area contributed by atoms with E-state index in [2.05, 4.69) is 9.71 Å². The van der Waals surface area contributed by atoms with E-state index in [9.17, 15) is 18.0 Å². The lowest BCUT2D eigenvalue weighted by Gasteiger charge is -2.16. The van der Waals surface area contributed by atoms with E-state index >= 15 is 0 Å². The summed E-state index contributed by atoms with van der Waals surface area (Å²) in [6.07, 6.45) is 1.11. The van der Waals surface area contributed by atoms with Crippen LogP contribution in [0.2, 0.25) is 0 Å². The van der Waals surface area contributed by atoms with Crippen LogP contribution in [-0.4, -0.2) is 23.9 Å². The van der Waals surface area contributed by atoms with Crippen molar-refractivity contribution in [3.63, 3.8) is 0 Å². The van der Waals surface area contributed by atoms with Crippen LogP contribution in [0.1, 0.15) is 22.3 Å². The van der Waals surface area contributed by atoms with Gasteiger partial charge in [0.2, 0.25) is 0 Å². The Morgan fingerprint density at radius 1 is 1.07 bits per heavy atom. The summed E-state index contributed by atoms with van der Waals surface area (Å²) in [5.41, 5.74) is 3.36. The van der Waals surface area contributed by atoms with Crippen LogP contribution in [0.25, 0.3) is 11.0 Å². The van der Waals surface area contributed by atoms with Gasteiger partial charge in [-0.1, -0.05) is 18.2 Å². The zero-order valence-electron chi connectivity index (χ0n) is 16.1. The number of para-hydroxylation sites is 2. The maximum atomic E-state index is 12.9. The molecular weight excluding hydrogens is 378 g/mol. The molecule has 0 aliphatic rings. The van der Waals surface area contributed by atoms with Gasteiger partial charge in [0.15, 0.2) is 0 Å². The van der Waals surface area contributed by atoms with E-state index in [1.807, 2.05) is 19.9 Å². The summed E-state index contributed by atoms with van der Waals surface area (Å²) in [6.45, 7) is 6.64. The molecule has 0 unspecified atom stereocenters. The number of carbonyl (C=O) groups is 1. The number of rotatable bonds is 4. The van der Waals surface area contributed by atoms with Crippen molar-refractivity contribution in [3.05, 3.63) is 69.1 Å². The summed E-state index contributed by atoms with van der Waals surface area (Å²) in [5.74, 6) is -0.795. The van der Waals surface area contributed by atoms with Crippen molar-refractivity contribution in [1.29, 1.82) is 0 Å². The number of hydrogen-bond acceptors (Lipinski definition) is 5. The Hall–Kier alpha value is -3.00. The zero-order chi connectivity index (χ0) is 20.6. The normalized spacial score (nSPS) is 11.6. The van der Waals surface area contributed by atoms with Crippen LogP contribution < -0.4 is 10.3 Å². The third-order valence-electron chi connectivity index (χ3n) is 4.87. The minimum Gasteiger partial charge on any atom is -0.296 e. The summed E-state index contributed by atoms with van der Waals surface area (Å²) >= 11 is 0. The second-order valence-corrected chi connectivity index (χ2v) is 8.41. The van der Waals surface area contributed by atoms with Gasteiger partial charge in [-0.2, -0.15) is 0 Å². The molecule has 0 saturated heterocycles. The minimum atomic E-state index is -4.08. The molecule has 1 aromatic heterocycles. The van der Waals surface area contributed by atoms with Crippen LogP contribution in [0.15, 0.2) is 46.2 Å². The SMILES string of the molecule is Cc1cc(C)c(C)c(S(=O)(=O)NC(=O)Cn2c(=O)cnc3ccccc32)c1C. The smallest absolute Gasteiger partial charge is 0.269 e. The number of sulfonamides is 1. The summed E-state index contributed by atoms with van der Waals surface area (Å²) in [4.78, 5) is 28.8. The van der Waals surface area contributed by atoms with Gasteiger partial charge in [0.1, 0.15) is 6.54 Å². The molecule has 2 aromatic carbocycles. The first kappa shape index (κ1) is 19.8. The molecule has 7 nitrogen and oxygen atoms in total. The highest BCUT2D eigenvalue weighted by Crippen LogP contribution is 2.25. The Labute approximate surface area is 163 Å². The number of aryl methyl sites for hydroxylation is 2. The van der Waals surface area contributed by atoms with Crippen LogP contribution in [0.5, 0.6) is 0 Å². The Morgan fingerprint density at radius 3 is 2.32 bits per heavy atom. The van der Waals surface area contributed by atoms with E-state index in [0.717, 1.165) is 17.3 Å². The van der Waals surface area contributed by atoms with Crippen molar-refractivity contribution in [3.8, 4) is 0 Å². The minimum absolute atomic E-state index is 0.102. The van der Waals surface area contributed by atoms with Crippen molar-refractivity contribution in [2.45, 2.75) is 39.1 Å². The first-order chi connectivity index (χ1) is 13.1. The molecule has 8 heteroatoms. The maximum Gasteiger partial charge on any atom is 0.269 e. The third kappa shape index (κ3) is 3.55. The van der Waals surface area contributed by atoms with Gasteiger partial charge in [0.25, 0.3) is 21.5 Å². The lowest BCUT2D eigenvalue weighted by Crippen LogP contribution is -2.37. The first-order valence-corrected chi connectivity index (χ1v) is 10.2. The lowest BCUT2D eigenvalue weighted by molar-refractivity contribution is -0.119. The van der Waals surface area contributed by atoms with Gasteiger partial charge in [-0.05, 0) is 62.1 Å². The number of hydrogen-bond donors (Lipinski definition) is 1. The van der Waals surface area contributed by atoms with Gasteiger partial charge in [0.05, 0.1) is 22.1 Å². The van der Waals surface area contributed by atoms with Gasteiger partial charge in [-0.25, -0.2) is 18.1 Å². The lowest BCUT2D eigenvalue weighted by atomic mass is 10.0. The zero-order valence-corrected chi connectivity index (χ0v) is 16.9. The van der Waals surface area contributed by atoms with Gasteiger partial charge in [-0.15, -0.1) is 0 Å². The van der Waals surface area contributed by atoms with E-state index in [1.54, 1.807) is 38.1 Å². The molecule has 0 spiro atoms. The number of nitrogens with one attached hydrogen (secondary N) is 1. The topological polar surface area (TPSA) is 98.1 Å². The Bertz CT molecular complexity index is 1230. The Kier molecular flexibility index (Phi) is 5.08. The van der Waals surface area contributed by atoms with Crippen molar-refractivity contribution < 1.29 is 13.2 Å². The molecule has 0 radical (unpaired) electrons. The van der Waals surface area contributed by atoms with Crippen molar-refractivity contribution >= 4 is 27.0 Å². The van der Waals surface area contributed by atoms with Crippen LogP contribution in [0.4, 0.5) is 0 Å². The van der Waals surface area contributed by atoms with Crippen LogP contribution in [-0.2, 0) is 21.4 Å². The van der Waals surface area contributed by atoms with Crippen molar-refractivity contribution in [1.82, 2.24) is 14.3 Å². The van der Waals surface area contributed by atoms with Gasteiger partial charge >= 0.3 is 0 Å². The molecule has 1 amide bonds. The number of aromatic nitrogens is 2. The van der Waals surface area contributed by atoms with Crippen molar-refractivity contribution in [2.75, 3.05) is 0 Å². The molecule has 3 aromatic rings. The van der Waals surface area contributed by atoms with Crippen LogP contribution in [0.3, 0.4) is 0 Å². The van der Waals surface area contributed by atoms with Crippen LogP contribution in [0, 0.1) is 27.7 Å². The summed E-state index contributed by atoms with van der Waals surface area (Å²) < 4.78 is 29.1. The van der Waals surface area contributed by atoms with E-state index < -0.39 is 28.0 Å². The third-order valence-corrected chi connectivity index (χ3v) is 6.51. The Balaban J connectivity index is 1.97. The molecule has 0 fully saturated rings. The average molecular weight is 399 g/mol. The highest BCUT2D eigenvalue weighted by atomic mass is 32.2. The van der Waals surface area contributed by atoms with Gasteiger partial charge in [0, 0.05) is 0 Å². The van der Waals surface area contributed by atoms with E-state index in [4.69, 9.17) is 0 Å². The summed E-state index contributed by atoms with van der Waals surface area (Å²) in [5, 5.41) is 0. The fourth-order valence-electron chi connectivity index (χ4n) is 3.24. The molecule has 0 atom stereocenters. The number of amides is 1. The number of benzene rings is 2. The summed E-state index contributed by atoms with van der Waals surface area (Å²) in [6, 6.07) is 8.76. The molecule has 146 valence electrons. The standard InChI is InChI=1S/C20H21N3O4S/c1-12-9-13(2)15(4)20(14(12)3)28(26,27)22-18(24)11-23-17-8-6-5-7-16(17)21-10-19(23)25/h5-10H,11H2,1-4H3,(H,22,24). The van der Waals surface area contributed by atoms with Crippen LogP contribution >= 0.6 is 0 Å². The first-order valence-electron chi connectivity index (χ1n) is 8.69. The van der Waals surface area contributed by atoms with Gasteiger partial charge in [-0.3, -0.25) is 14.2 Å².